The monoisotopic (exact) mass is 368 g/mol. The molecule has 134 valence electrons. The minimum Gasteiger partial charge on any atom is -0.459 e. The number of aryl methyl sites for hydroxylation is 1. The lowest BCUT2D eigenvalue weighted by atomic mass is 10.1. The van der Waals surface area contributed by atoms with Gasteiger partial charge in [-0.3, -0.25) is 9.59 Å². The van der Waals surface area contributed by atoms with Gasteiger partial charge in [0.05, 0.1) is 12.8 Å². The Labute approximate surface area is 156 Å². The number of hydrogen-bond acceptors (Lipinski definition) is 4. The standard InChI is InChI=1S/C20H20N2O3S/c1-3-22(13-16-6-5-11-26-16)20(24)15-9-8-14(2)17(12-15)21-19(23)18-7-4-10-25-18/h4-12H,3,13H2,1-2H3,(H,21,23). The molecule has 0 fully saturated rings. The highest BCUT2D eigenvalue weighted by molar-refractivity contribution is 7.09. The Morgan fingerprint density at radius 2 is 2.04 bits per heavy atom. The van der Waals surface area contributed by atoms with Crippen molar-refractivity contribution >= 4 is 28.8 Å². The van der Waals surface area contributed by atoms with Crippen LogP contribution in [-0.4, -0.2) is 23.3 Å². The SMILES string of the molecule is CCN(Cc1cccs1)C(=O)c1ccc(C)c(NC(=O)c2ccco2)c1. The van der Waals surface area contributed by atoms with Crippen LogP contribution in [0.3, 0.4) is 0 Å². The summed E-state index contributed by atoms with van der Waals surface area (Å²) >= 11 is 1.63. The van der Waals surface area contributed by atoms with Crippen LogP contribution < -0.4 is 5.32 Å². The van der Waals surface area contributed by atoms with E-state index >= 15 is 0 Å². The lowest BCUT2D eigenvalue weighted by Gasteiger charge is -2.21. The molecule has 0 saturated heterocycles. The second-order valence-electron chi connectivity index (χ2n) is 5.86. The zero-order valence-corrected chi connectivity index (χ0v) is 15.5. The molecule has 1 aromatic carbocycles. The van der Waals surface area contributed by atoms with E-state index in [0.29, 0.717) is 24.3 Å². The van der Waals surface area contributed by atoms with Crippen LogP contribution in [0.1, 0.15) is 38.3 Å². The van der Waals surface area contributed by atoms with Gasteiger partial charge in [-0.15, -0.1) is 11.3 Å². The summed E-state index contributed by atoms with van der Waals surface area (Å²) in [6.45, 7) is 5.03. The van der Waals surface area contributed by atoms with Gasteiger partial charge in [0.1, 0.15) is 0 Å². The zero-order chi connectivity index (χ0) is 18.5. The lowest BCUT2D eigenvalue weighted by Crippen LogP contribution is -2.30. The molecule has 3 rings (SSSR count). The summed E-state index contributed by atoms with van der Waals surface area (Å²) in [4.78, 5) is 28.0. The first-order valence-corrected chi connectivity index (χ1v) is 9.23. The van der Waals surface area contributed by atoms with E-state index in [4.69, 9.17) is 4.42 Å². The molecule has 0 aliphatic carbocycles. The van der Waals surface area contributed by atoms with Crippen molar-refractivity contribution in [3.05, 3.63) is 75.9 Å². The van der Waals surface area contributed by atoms with Gasteiger partial charge in [0.2, 0.25) is 0 Å². The van der Waals surface area contributed by atoms with Crippen LogP contribution in [0.4, 0.5) is 5.69 Å². The number of amides is 2. The summed E-state index contributed by atoms with van der Waals surface area (Å²) in [6.07, 6.45) is 1.45. The van der Waals surface area contributed by atoms with Gasteiger partial charge in [0, 0.05) is 22.7 Å². The lowest BCUT2D eigenvalue weighted by molar-refractivity contribution is 0.0754. The molecular formula is C20H20N2O3S. The number of anilines is 1. The normalized spacial score (nSPS) is 10.5. The van der Waals surface area contributed by atoms with Crippen molar-refractivity contribution in [3.63, 3.8) is 0 Å². The van der Waals surface area contributed by atoms with Crippen molar-refractivity contribution in [1.82, 2.24) is 4.90 Å². The molecule has 5 nitrogen and oxygen atoms in total. The van der Waals surface area contributed by atoms with Crippen LogP contribution in [0, 0.1) is 6.92 Å². The Kier molecular flexibility index (Phi) is 5.53. The van der Waals surface area contributed by atoms with Crippen molar-refractivity contribution in [2.45, 2.75) is 20.4 Å². The van der Waals surface area contributed by atoms with Gasteiger partial charge < -0.3 is 14.6 Å². The molecule has 6 heteroatoms. The number of hydrogen-bond donors (Lipinski definition) is 1. The third-order valence-corrected chi connectivity index (χ3v) is 4.93. The molecule has 0 radical (unpaired) electrons. The summed E-state index contributed by atoms with van der Waals surface area (Å²) in [6, 6.07) is 12.6. The fourth-order valence-corrected chi connectivity index (χ4v) is 3.30. The molecule has 2 aromatic heterocycles. The highest BCUT2D eigenvalue weighted by atomic mass is 32.1. The summed E-state index contributed by atoms with van der Waals surface area (Å²) < 4.78 is 5.11. The zero-order valence-electron chi connectivity index (χ0n) is 14.7. The van der Waals surface area contributed by atoms with Crippen LogP contribution in [0.5, 0.6) is 0 Å². The summed E-state index contributed by atoms with van der Waals surface area (Å²) in [5, 5.41) is 4.81. The number of carbonyl (C=O) groups is 2. The maximum Gasteiger partial charge on any atom is 0.291 e. The Bertz CT molecular complexity index is 886. The predicted molar refractivity (Wildman–Crippen MR) is 103 cm³/mol. The summed E-state index contributed by atoms with van der Waals surface area (Å²) in [7, 11) is 0. The summed E-state index contributed by atoms with van der Waals surface area (Å²) in [5.74, 6) is -0.169. The van der Waals surface area contributed by atoms with Gasteiger partial charge in [0.15, 0.2) is 5.76 Å². The molecule has 26 heavy (non-hydrogen) atoms. The van der Waals surface area contributed by atoms with Gasteiger partial charge in [-0.1, -0.05) is 12.1 Å². The van der Waals surface area contributed by atoms with Gasteiger partial charge in [-0.2, -0.15) is 0 Å². The van der Waals surface area contributed by atoms with E-state index in [2.05, 4.69) is 5.32 Å². The summed E-state index contributed by atoms with van der Waals surface area (Å²) in [5.41, 5.74) is 2.02. The second-order valence-corrected chi connectivity index (χ2v) is 6.89. The Balaban J connectivity index is 1.79. The van der Waals surface area contributed by atoms with Gasteiger partial charge in [0.25, 0.3) is 11.8 Å². The molecule has 3 aromatic rings. The molecule has 0 unspecified atom stereocenters. The molecule has 2 amide bonds. The van der Waals surface area contributed by atoms with E-state index in [1.165, 1.54) is 6.26 Å². The topological polar surface area (TPSA) is 62.6 Å². The van der Waals surface area contributed by atoms with Crippen molar-refractivity contribution in [3.8, 4) is 0 Å². The third-order valence-electron chi connectivity index (χ3n) is 4.07. The highest BCUT2D eigenvalue weighted by Gasteiger charge is 2.17. The number of furan rings is 1. The van der Waals surface area contributed by atoms with Crippen LogP contribution >= 0.6 is 11.3 Å². The third kappa shape index (κ3) is 4.03. The molecule has 0 atom stereocenters. The minimum atomic E-state index is -0.339. The van der Waals surface area contributed by atoms with E-state index in [1.54, 1.807) is 40.5 Å². The molecule has 2 heterocycles. The fourth-order valence-electron chi connectivity index (χ4n) is 2.58. The number of thiophene rings is 1. The van der Waals surface area contributed by atoms with Gasteiger partial charge >= 0.3 is 0 Å². The number of nitrogens with zero attached hydrogens (tertiary/aromatic N) is 1. The van der Waals surface area contributed by atoms with Crippen molar-refractivity contribution in [2.24, 2.45) is 0 Å². The molecule has 1 N–H and O–H groups in total. The predicted octanol–water partition coefficient (Wildman–Crippen LogP) is 4.56. The Morgan fingerprint density at radius 3 is 2.69 bits per heavy atom. The number of nitrogens with one attached hydrogen (secondary N) is 1. The highest BCUT2D eigenvalue weighted by Crippen LogP contribution is 2.21. The number of benzene rings is 1. The van der Waals surface area contributed by atoms with Crippen LogP contribution in [0.2, 0.25) is 0 Å². The Morgan fingerprint density at radius 1 is 1.19 bits per heavy atom. The second kappa shape index (κ2) is 8.01. The van der Waals surface area contributed by atoms with Crippen molar-refractivity contribution in [1.29, 1.82) is 0 Å². The minimum absolute atomic E-state index is 0.0607. The van der Waals surface area contributed by atoms with E-state index in [1.807, 2.05) is 37.4 Å². The average molecular weight is 368 g/mol. The van der Waals surface area contributed by atoms with Crippen molar-refractivity contribution < 1.29 is 14.0 Å². The molecule has 0 saturated carbocycles. The molecular weight excluding hydrogens is 348 g/mol. The van der Waals surface area contributed by atoms with Crippen molar-refractivity contribution in [2.75, 3.05) is 11.9 Å². The molecule has 0 bridgehead atoms. The molecule has 0 spiro atoms. The van der Waals surface area contributed by atoms with E-state index < -0.39 is 0 Å². The van der Waals surface area contributed by atoms with Crippen LogP contribution in [0.25, 0.3) is 0 Å². The molecule has 0 aliphatic heterocycles. The van der Waals surface area contributed by atoms with Gasteiger partial charge in [-0.25, -0.2) is 0 Å². The first-order valence-electron chi connectivity index (χ1n) is 8.35. The van der Waals surface area contributed by atoms with E-state index in [0.717, 1.165) is 10.4 Å². The maximum absolute atomic E-state index is 12.9. The smallest absolute Gasteiger partial charge is 0.291 e. The van der Waals surface area contributed by atoms with Gasteiger partial charge in [-0.05, 0) is 55.1 Å². The van der Waals surface area contributed by atoms with Crippen LogP contribution in [0.15, 0.2) is 58.5 Å². The largest absolute Gasteiger partial charge is 0.459 e. The van der Waals surface area contributed by atoms with Crippen LogP contribution in [-0.2, 0) is 6.54 Å². The maximum atomic E-state index is 12.9. The Hall–Kier alpha value is -2.86. The molecule has 0 aliphatic rings. The number of rotatable bonds is 6. The fraction of sp³-hybridized carbons (Fsp3) is 0.200. The average Bonchev–Trinajstić information content (AvgIpc) is 3.34. The first kappa shape index (κ1) is 17.9. The van der Waals surface area contributed by atoms with E-state index in [9.17, 15) is 9.59 Å². The number of carbonyl (C=O) groups excluding carboxylic acids is 2. The first-order chi connectivity index (χ1) is 12.6. The van der Waals surface area contributed by atoms with E-state index in [-0.39, 0.29) is 17.6 Å². The quantitative estimate of drug-likeness (QED) is 0.693.